The Balaban J connectivity index is 2.11. The Bertz CT molecular complexity index is 624. The molecule has 0 saturated carbocycles. The van der Waals surface area contributed by atoms with Crippen LogP contribution in [0.1, 0.15) is 46.0 Å². The number of hydrogen-bond acceptors (Lipinski definition) is 3. The van der Waals surface area contributed by atoms with Crippen molar-refractivity contribution >= 4 is 11.9 Å². The number of hydrogen-bond donors (Lipinski definition) is 1. The van der Waals surface area contributed by atoms with Crippen LogP contribution in [-0.4, -0.2) is 23.7 Å². The molecule has 2 rings (SSSR count). The summed E-state index contributed by atoms with van der Waals surface area (Å²) in [6.45, 7) is 8.85. The minimum absolute atomic E-state index is 0.0951. The van der Waals surface area contributed by atoms with Crippen molar-refractivity contribution in [1.82, 2.24) is 0 Å². The van der Waals surface area contributed by atoms with Crippen LogP contribution in [-0.2, 0) is 14.3 Å². The minimum atomic E-state index is -0.918. The summed E-state index contributed by atoms with van der Waals surface area (Å²) in [6, 6.07) is 0. The van der Waals surface area contributed by atoms with Crippen molar-refractivity contribution in [2.75, 3.05) is 6.61 Å². The topological polar surface area (TPSA) is 63.6 Å². The van der Waals surface area contributed by atoms with Crippen molar-refractivity contribution in [3.05, 3.63) is 47.6 Å². The molecule has 0 aromatic carbocycles. The van der Waals surface area contributed by atoms with Crippen molar-refractivity contribution in [1.29, 1.82) is 0 Å². The van der Waals surface area contributed by atoms with E-state index in [1.54, 1.807) is 12.2 Å². The first kappa shape index (κ1) is 18.2. The predicted molar refractivity (Wildman–Crippen MR) is 93.4 cm³/mol. The second-order valence-electron chi connectivity index (χ2n) is 7.13. The Morgan fingerprint density at radius 1 is 1.50 bits per heavy atom. The number of aliphatic carboxylic acids is 1. The van der Waals surface area contributed by atoms with Crippen LogP contribution in [0, 0.1) is 11.3 Å². The lowest BCUT2D eigenvalue weighted by Crippen LogP contribution is -2.26. The second-order valence-corrected chi connectivity index (χ2v) is 7.13. The van der Waals surface area contributed by atoms with E-state index in [-0.39, 0.29) is 11.4 Å². The average Bonchev–Trinajstić information content (AvgIpc) is 2.94. The molecule has 0 bridgehead atoms. The maximum atomic E-state index is 11.3. The Morgan fingerprint density at radius 2 is 2.25 bits per heavy atom. The standard InChI is InChI=1S/C20H26O4/c1-14-7-8-15(2)20(3,10-5-4-6-17(14)19(22)23)11-9-16-12-18(21)24-13-16/h4-6,12,15H,1,7-11,13H2,2-3H3,(H,22,23). The van der Waals surface area contributed by atoms with Crippen molar-refractivity contribution in [2.24, 2.45) is 11.3 Å². The minimum Gasteiger partial charge on any atom is -0.478 e. The van der Waals surface area contributed by atoms with Crippen LogP contribution in [0.4, 0.5) is 0 Å². The highest BCUT2D eigenvalue weighted by Crippen LogP contribution is 2.41. The summed E-state index contributed by atoms with van der Waals surface area (Å²) in [4.78, 5) is 22.5. The molecule has 0 aromatic rings. The molecule has 0 radical (unpaired) electrons. The van der Waals surface area contributed by atoms with Gasteiger partial charge in [0.15, 0.2) is 0 Å². The number of allylic oxidation sites excluding steroid dienone is 3. The van der Waals surface area contributed by atoms with Crippen molar-refractivity contribution in [2.45, 2.75) is 46.0 Å². The first-order valence-corrected chi connectivity index (χ1v) is 8.46. The van der Waals surface area contributed by atoms with Gasteiger partial charge in [0.25, 0.3) is 0 Å². The molecule has 4 heteroatoms. The van der Waals surface area contributed by atoms with Gasteiger partial charge < -0.3 is 9.84 Å². The molecule has 0 fully saturated rings. The van der Waals surface area contributed by atoms with Gasteiger partial charge in [-0.2, -0.15) is 0 Å². The fraction of sp³-hybridized carbons (Fsp3) is 0.500. The molecular formula is C20H26O4. The van der Waals surface area contributed by atoms with Crippen LogP contribution in [0.15, 0.2) is 47.6 Å². The molecule has 0 aromatic heterocycles. The summed E-state index contributed by atoms with van der Waals surface area (Å²) in [5, 5.41) is 9.27. The zero-order chi connectivity index (χ0) is 17.7. The van der Waals surface area contributed by atoms with Gasteiger partial charge in [0, 0.05) is 6.08 Å². The van der Waals surface area contributed by atoms with Gasteiger partial charge in [0.05, 0.1) is 5.57 Å². The van der Waals surface area contributed by atoms with Crippen LogP contribution in [0.3, 0.4) is 0 Å². The van der Waals surface area contributed by atoms with Crippen molar-refractivity contribution < 1.29 is 19.4 Å². The Morgan fingerprint density at radius 3 is 2.88 bits per heavy atom. The van der Waals surface area contributed by atoms with Gasteiger partial charge in [-0.25, -0.2) is 9.59 Å². The third kappa shape index (κ3) is 4.47. The Labute approximate surface area is 143 Å². The van der Waals surface area contributed by atoms with Gasteiger partial charge in [0.2, 0.25) is 0 Å². The Kier molecular flexibility index (Phi) is 5.81. The molecule has 1 N–H and O–H groups in total. The summed E-state index contributed by atoms with van der Waals surface area (Å²) >= 11 is 0. The maximum Gasteiger partial charge on any atom is 0.335 e. The van der Waals surface area contributed by atoms with Gasteiger partial charge in [-0.1, -0.05) is 32.6 Å². The molecule has 0 amide bonds. The normalized spacial score (nSPS) is 28.2. The summed E-state index contributed by atoms with van der Waals surface area (Å²) in [6.07, 6.45) is 11.4. The molecule has 24 heavy (non-hydrogen) atoms. The highest BCUT2D eigenvalue weighted by molar-refractivity contribution is 5.91. The smallest absolute Gasteiger partial charge is 0.335 e. The van der Waals surface area contributed by atoms with Crippen LogP contribution >= 0.6 is 0 Å². The van der Waals surface area contributed by atoms with E-state index >= 15 is 0 Å². The van der Waals surface area contributed by atoms with Crippen LogP contribution in [0.5, 0.6) is 0 Å². The van der Waals surface area contributed by atoms with E-state index in [1.807, 2.05) is 12.2 Å². The number of rotatable bonds is 4. The molecule has 1 heterocycles. The molecular weight excluding hydrogens is 304 g/mol. The number of cyclic esters (lactones) is 1. The molecule has 130 valence electrons. The monoisotopic (exact) mass is 330 g/mol. The number of ether oxygens (including phenoxy) is 1. The average molecular weight is 330 g/mol. The highest BCUT2D eigenvalue weighted by Gasteiger charge is 2.31. The molecule has 2 aliphatic rings. The lowest BCUT2D eigenvalue weighted by atomic mass is 9.69. The lowest BCUT2D eigenvalue weighted by molar-refractivity contribution is -0.135. The zero-order valence-corrected chi connectivity index (χ0v) is 14.5. The summed E-state index contributed by atoms with van der Waals surface area (Å²) in [5.41, 5.74) is 2.14. The van der Waals surface area contributed by atoms with E-state index in [2.05, 4.69) is 20.4 Å². The largest absolute Gasteiger partial charge is 0.478 e. The van der Waals surface area contributed by atoms with E-state index in [1.165, 1.54) is 0 Å². The number of carbonyl (C=O) groups excluding carboxylic acids is 1. The third-order valence-electron chi connectivity index (χ3n) is 5.40. The Hall–Kier alpha value is -2.10. The number of esters is 1. The van der Waals surface area contributed by atoms with Gasteiger partial charge in [0.1, 0.15) is 6.61 Å². The van der Waals surface area contributed by atoms with Gasteiger partial charge in [-0.15, -0.1) is 0 Å². The van der Waals surface area contributed by atoms with E-state index in [9.17, 15) is 14.7 Å². The molecule has 4 nitrogen and oxygen atoms in total. The molecule has 0 spiro atoms. The van der Waals surface area contributed by atoms with E-state index in [0.717, 1.165) is 31.3 Å². The zero-order valence-electron chi connectivity index (χ0n) is 14.5. The quantitative estimate of drug-likeness (QED) is 0.785. The van der Waals surface area contributed by atoms with Crippen LogP contribution < -0.4 is 0 Å². The highest BCUT2D eigenvalue weighted by atomic mass is 16.5. The fourth-order valence-corrected chi connectivity index (χ4v) is 3.27. The van der Waals surface area contributed by atoms with Gasteiger partial charge in [-0.05, 0) is 60.7 Å². The molecule has 2 unspecified atom stereocenters. The summed E-state index contributed by atoms with van der Waals surface area (Å²) in [7, 11) is 0. The lowest BCUT2D eigenvalue weighted by Gasteiger charge is -2.36. The first-order chi connectivity index (χ1) is 11.3. The molecule has 1 aliphatic carbocycles. The van der Waals surface area contributed by atoms with E-state index < -0.39 is 5.97 Å². The van der Waals surface area contributed by atoms with Gasteiger partial charge in [-0.3, -0.25) is 0 Å². The first-order valence-electron chi connectivity index (χ1n) is 8.46. The number of carboxylic acid groups (broad SMARTS) is 1. The SMILES string of the molecule is C=C1CCC(C)C(C)(CCC2=CC(=O)OC2)CC=CC=C1C(=O)O. The molecule has 1 aliphatic heterocycles. The van der Waals surface area contributed by atoms with Crippen molar-refractivity contribution in [3.63, 3.8) is 0 Å². The van der Waals surface area contributed by atoms with Crippen molar-refractivity contribution in [3.8, 4) is 0 Å². The summed E-state index contributed by atoms with van der Waals surface area (Å²) < 4.78 is 4.97. The van der Waals surface area contributed by atoms with E-state index in [4.69, 9.17) is 4.74 Å². The predicted octanol–water partition coefficient (Wildman–Crippen LogP) is 4.20. The second kappa shape index (κ2) is 7.65. The van der Waals surface area contributed by atoms with Crippen LogP contribution in [0.25, 0.3) is 0 Å². The van der Waals surface area contributed by atoms with Gasteiger partial charge >= 0.3 is 11.9 Å². The van der Waals surface area contributed by atoms with E-state index in [0.29, 0.717) is 30.1 Å². The molecule has 2 atom stereocenters. The third-order valence-corrected chi connectivity index (χ3v) is 5.40. The molecule has 0 saturated heterocycles. The number of carbonyl (C=O) groups is 2. The maximum absolute atomic E-state index is 11.3. The fourth-order valence-electron chi connectivity index (χ4n) is 3.27. The van der Waals surface area contributed by atoms with Crippen LogP contribution in [0.2, 0.25) is 0 Å². The number of carboxylic acids is 1. The summed E-state index contributed by atoms with van der Waals surface area (Å²) in [5.74, 6) is -0.735.